The third-order valence-electron chi connectivity index (χ3n) is 4.60. The quantitative estimate of drug-likeness (QED) is 0.462. The van der Waals surface area contributed by atoms with E-state index in [1.165, 1.54) is 17.3 Å². The fourth-order valence-electron chi connectivity index (χ4n) is 3.03. The topological polar surface area (TPSA) is 48.0 Å². The fourth-order valence-corrected chi connectivity index (χ4v) is 4.33. The summed E-state index contributed by atoms with van der Waals surface area (Å²) in [6.45, 7) is 4.27. The van der Waals surface area contributed by atoms with E-state index < -0.39 is 0 Å². The number of rotatable bonds is 6. The van der Waals surface area contributed by atoms with Crippen LogP contribution in [0.3, 0.4) is 0 Å². The Labute approximate surface area is 180 Å². The molecule has 0 atom stereocenters. The van der Waals surface area contributed by atoms with E-state index in [-0.39, 0.29) is 5.91 Å². The standard InChI is InChI=1S/C22H23NO4S2/c1-13(2)15-6-8-16(9-7-15)23-21(24)19(29-22(23)28)12-14-10-17(25-3)20(27-5)18(11-14)26-4/h6-13H,1-5H3/b19-12+. The Morgan fingerprint density at radius 2 is 1.59 bits per heavy atom. The second-order valence-electron chi connectivity index (χ2n) is 6.72. The molecule has 152 valence electrons. The van der Waals surface area contributed by atoms with Gasteiger partial charge in [0.25, 0.3) is 5.91 Å². The molecule has 0 saturated carbocycles. The highest BCUT2D eigenvalue weighted by atomic mass is 32.2. The highest BCUT2D eigenvalue weighted by molar-refractivity contribution is 8.27. The van der Waals surface area contributed by atoms with Crippen LogP contribution in [0, 0.1) is 0 Å². The predicted octanol–water partition coefficient (Wildman–Crippen LogP) is 5.24. The molecule has 2 aromatic rings. The number of nitrogens with zero attached hydrogens (tertiary/aromatic N) is 1. The number of hydrogen-bond acceptors (Lipinski definition) is 6. The van der Waals surface area contributed by atoms with Crippen LogP contribution < -0.4 is 19.1 Å². The first-order valence-corrected chi connectivity index (χ1v) is 10.3. The van der Waals surface area contributed by atoms with Crippen LogP contribution in [0.4, 0.5) is 5.69 Å². The second kappa shape index (κ2) is 8.88. The zero-order chi connectivity index (χ0) is 21.1. The molecule has 1 amide bonds. The summed E-state index contributed by atoms with van der Waals surface area (Å²) in [5, 5.41) is 0. The van der Waals surface area contributed by atoms with E-state index in [0.29, 0.717) is 32.4 Å². The van der Waals surface area contributed by atoms with Gasteiger partial charge in [-0.15, -0.1) is 0 Å². The summed E-state index contributed by atoms with van der Waals surface area (Å²) in [4.78, 5) is 15.1. The molecule has 5 nitrogen and oxygen atoms in total. The lowest BCUT2D eigenvalue weighted by molar-refractivity contribution is -0.113. The summed E-state index contributed by atoms with van der Waals surface area (Å²) < 4.78 is 16.6. The van der Waals surface area contributed by atoms with Crippen molar-refractivity contribution in [3.05, 3.63) is 52.4 Å². The van der Waals surface area contributed by atoms with E-state index in [1.807, 2.05) is 24.3 Å². The molecule has 0 N–H and O–H groups in total. The molecule has 0 aliphatic carbocycles. The zero-order valence-corrected chi connectivity index (χ0v) is 18.6. The molecular weight excluding hydrogens is 406 g/mol. The second-order valence-corrected chi connectivity index (χ2v) is 8.40. The van der Waals surface area contributed by atoms with Crippen molar-refractivity contribution in [1.29, 1.82) is 0 Å². The summed E-state index contributed by atoms with van der Waals surface area (Å²) in [6.07, 6.45) is 1.78. The molecule has 1 saturated heterocycles. The number of thioether (sulfide) groups is 1. The minimum atomic E-state index is -0.147. The molecule has 0 aromatic heterocycles. The summed E-state index contributed by atoms with van der Waals surface area (Å²) in [5.41, 5.74) is 2.74. The normalized spacial score (nSPS) is 15.4. The molecule has 2 aromatic carbocycles. The van der Waals surface area contributed by atoms with Crippen molar-refractivity contribution in [2.45, 2.75) is 19.8 Å². The van der Waals surface area contributed by atoms with Crippen LogP contribution in [0.1, 0.15) is 30.9 Å². The Kier molecular flexibility index (Phi) is 6.49. The van der Waals surface area contributed by atoms with Gasteiger partial charge in [-0.1, -0.05) is 50.0 Å². The Bertz CT molecular complexity index is 942. The number of thiocarbonyl (C=S) groups is 1. The Balaban J connectivity index is 1.94. The SMILES string of the molecule is COc1cc(/C=C2/SC(=S)N(c3ccc(C(C)C)cc3)C2=O)cc(OC)c1OC. The Hall–Kier alpha value is -2.51. The number of carbonyl (C=O) groups is 1. The van der Waals surface area contributed by atoms with Gasteiger partial charge < -0.3 is 14.2 Å². The summed E-state index contributed by atoms with van der Waals surface area (Å²) in [5.74, 6) is 1.84. The maximum atomic E-state index is 13.0. The van der Waals surface area contributed by atoms with Crippen molar-refractivity contribution >= 4 is 46.0 Å². The number of methoxy groups -OCH3 is 3. The van der Waals surface area contributed by atoms with Crippen LogP contribution in [0.2, 0.25) is 0 Å². The van der Waals surface area contributed by atoms with E-state index >= 15 is 0 Å². The number of benzene rings is 2. The predicted molar refractivity (Wildman–Crippen MR) is 122 cm³/mol. The van der Waals surface area contributed by atoms with Crippen LogP contribution >= 0.6 is 24.0 Å². The molecule has 29 heavy (non-hydrogen) atoms. The van der Waals surface area contributed by atoms with Crippen LogP contribution in [-0.2, 0) is 4.79 Å². The van der Waals surface area contributed by atoms with Gasteiger partial charge in [-0.2, -0.15) is 0 Å². The van der Waals surface area contributed by atoms with E-state index in [1.54, 1.807) is 44.4 Å². The summed E-state index contributed by atoms with van der Waals surface area (Å²) >= 11 is 6.75. The first-order chi connectivity index (χ1) is 13.9. The van der Waals surface area contributed by atoms with Crippen LogP contribution in [0.25, 0.3) is 6.08 Å². The number of anilines is 1. The average molecular weight is 430 g/mol. The smallest absolute Gasteiger partial charge is 0.270 e. The Morgan fingerprint density at radius 3 is 2.07 bits per heavy atom. The highest BCUT2D eigenvalue weighted by Gasteiger charge is 2.33. The van der Waals surface area contributed by atoms with Gasteiger partial charge in [0.1, 0.15) is 0 Å². The van der Waals surface area contributed by atoms with E-state index in [4.69, 9.17) is 26.4 Å². The zero-order valence-electron chi connectivity index (χ0n) is 17.0. The first kappa shape index (κ1) is 21.2. The molecule has 3 rings (SSSR count). The van der Waals surface area contributed by atoms with Crippen molar-refractivity contribution in [3.63, 3.8) is 0 Å². The number of hydrogen-bond donors (Lipinski definition) is 0. The number of amides is 1. The van der Waals surface area contributed by atoms with E-state index in [0.717, 1.165) is 11.3 Å². The minimum Gasteiger partial charge on any atom is -0.493 e. The van der Waals surface area contributed by atoms with E-state index in [9.17, 15) is 4.79 Å². The molecule has 1 aliphatic heterocycles. The third kappa shape index (κ3) is 4.26. The molecule has 1 heterocycles. The van der Waals surface area contributed by atoms with Crippen LogP contribution in [0.15, 0.2) is 41.3 Å². The summed E-state index contributed by atoms with van der Waals surface area (Å²) in [6, 6.07) is 11.5. The van der Waals surface area contributed by atoms with Gasteiger partial charge in [0.15, 0.2) is 15.8 Å². The summed E-state index contributed by atoms with van der Waals surface area (Å²) in [7, 11) is 4.67. The lowest BCUT2D eigenvalue weighted by Crippen LogP contribution is -2.27. The fraction of sp³-hybridized carbons (Fsp3) is 0.273. The first-order valence-electron chi connectivity index (χ1n) is 9.07. The van der Waals surface area contributed by atoms with Gasteiger partial charge >= 0.3 is 0 Å². The largest absolute Gasteiger partial charge is 0.493 e. The van der Waals surface area contributed by atoms with Crippen molar-refractivity contribution in [2.24, 2.45) is 0 Å². The molecular formula is C22H23NO4S2. The van der Waals surface area contributed by atoms with Crippen molar-refractivity contribution in [1.82, 2.24) is 0 Å². The van der Waals surface area contributed by atoms with Crippen LogP contribution in [0.5, 0.6) is 17.2 Å². The van der Waals surface area contributed by atoms with Gasteiger partial charge in [0, 0.05) is 0 Å². The van der Waals surface area contributed by atoms with Gasteiger partial charge in [0.2, 0.25) is 5.75 Å². The lowest BCUT2D eigenvalue weighted by atomic mass is 10.0. The highest BCUT2D eigenvalue weighted by Crippen LogP contribution is 2.41. The molecule has 0 radical (unpaired) electrons. The van der Waals surface area contributed by atoms with Crippen molar-refractivity contribution < 1.29 is 19.0 Å². The van der Waals surface area contributed by atoms with Crippen molar-refractivity contribution in [2.75, 3.05) is 26.2 Å². The molecule has 1 aliphatic rings. The van der Waals surface area contributed by atoms with Crippen LogP contribution in [-0.4, -0.2) is 31.6 Å². The molecule has 0 unspecified atom stereocenters. The van der Waals surface area contributed by atoms with Gasteiger partial charge in [-0.05, 0) is 47.4 Å². The molecule has 7 heteroatoms. The molecule has 1 fully saturated rings. The molecule has 0 bridgehead atoms. The van der Waals surface area contributed by atoms with E-state index in [2.05, 4.69) is 13.8 Å². The van der Waals surface area contributed by atoms with Gasteiger partial charge in [0.05, 0.1) is 31.9 Å². The van der Waals surface area contributed by atoms with Crippen molar-refractivity contribution in [3.8, 4) is 17.2 Å². The monoisotopic (exact) mass is 429 g/mol. The average Bonchev–Trinajstić information content (AvgIpc) is 3.00. The van der Waals surface area contributed by atoms with Gasteiger partial charge in [-0.3, -0.25) is 9.69 Å². The number of ether oxygens (including phenoxy) is 3. The maximum absolute atomic E-state index is 13.0. The van der Waals surface area contributed by atoms with Gasteiger partial charge in [-0.25, -0.2) is 0 Å². The lowest BCUT2D eigenvalue weighted by Gasteiger charge is -2.15. The maximum Gasteiger partial charge on any atom is 0.270 e. The minimum absolute atomic E-state index is 0.147. The molecule has 0 spiro atoms. The third-order valence-corrected chi connectivity index (χ3v) is 5.90. The Morgan fingerprint density at radius 1 is 1.00 bits per heavy atom. The number of carbonyl (C=O) groups excluding carboxylic acids is 1.